The van der Waals surface area contributed by atoms with E-state index < -0.39 is 19.8 Å². The van der Waals surface area contributed by atoms with Gasteiger partial charge in [0, 0.05) is 58.3 Å². The second kappa shape index (κ2) is 18.1. The molecule has 300 valence electrons. The molecule has 0 bridgehead atoms. The average Bonchev–Trinajstić information content (AvgIpc) is 3.72. The quantitative estimate of drug-likeness (QED) is 0.110. The lowest BCUT2D eigenvalue weighted by Gasteiger charge is -2.45. The van der Waals surface area contributed by atoms with Gasteiger partial charge in [-0.15, -0.1) is 0 Å². The Balaban J connectivity index is 0.921. The van der Waals surface area contributed by atoms with Crippen molar-refractivity contribution in [1.29, 1.82) is 0 Å². The third-order valence-corrected chi connectivity index (χ3v) is 14.0. The summed E-state index contributed by atoms with van der Waals surface area (Å²) in [5.41, 5.74) is 7.20. The predicted octanol–water partition coefficient (Wildman–Crippen LogP) is 2.99. The molecule has 3 heterocycles. The first kappa shape index (κ1) is 41.1. The molecule has 0 saturated carbocycles. The van der Waals surface area contributed by atoms with Crippen molar-refractivity contribution in [3.05, 3.63) is 94.6 Å². The molecule has 6 rings (SSSR count). The van der Waals surface area contributed by atoms with Crippen LogP contribution in [0.15, 0.2) is 66.7 Å². The van der Waals surface area contributed by atoms with Gasteiger partial charge < -0.3 is 43.5 Å². The standard InChI is InChI=1S/C42H54N4O9Si/c1-44(2)32-8-11-35-37(26-32)56(5,6)38-27-33(45(3)4)9-12-36(38)42(35)34-10-7-30(25-31(34)29-55-42)28-54-41(49)43-15-17-50-19-21-52-23-24-53-22-20-51-18-16-46-39(47)13-14-40(46)48/h7-14,25-27H,15-24,28-29H2,1-6H3,(H,43,49). The van der Waals surface area contributed by atoms with Crippen LogP contribution in [-0.2, 0) is 56.8 Å². The van der Waals surface area contributed by atoms with Crippen molar-refractivity contribution in [2.75, 3.05) is 104 Å². The highest BCUT2D eigenvalue weighted by Gasteiger charge is 2.53. The summed E-state index contributed by atoms with van der Waals surface area (Å²) in [7, 11) is 6.22. The van der Waals surface area contributed by atoms with E-state index in [9.17, 15) is 14.4 Å². The van der Waals surface area contributed by atoms with Gasteiger partial charge in [-0.3, -0.25) is 14.5 Å². The zero-order chi connectivity index (χ0) is 39.9. The van der Waals surface area contributed by atoms with E-state index >= 15 is 0 Å². The normalized spacial score (nSPS) is 15.9. The van der Waals surface area contributed by atoms with Gasteiger partial charge in [0.25, 0.3) is 11.8 Å². The fourth-order valence-corrected chi connectivity index (χ4v) is 10.6. The fraction of sp³-hybridized carbons (Fsp3) is 0.452. The summed E-state index contributed by atoms with van der Waals surface area (Å²) in [5, 5.41) is 5.51. The van der Waals surface area contributed by atoms with Crippen molar-refractivity contribution < 1.29 is 42.8 Å². The van der Waals surface area contributed by atoms with Crippen LogP contribution in [0.4, 0.5) is 16.2 Å². The number of fused-ring (bicyclic) bond motifs is 6. The Morgan fingerprint density at radius 2 is 1.25 bits per heavy atom. The number of nitrogens with zero attached hydrogens (tertiary/aromatic N) is 3. The Kier molecular flexibility index (Phi) is 13.3. The maximum Gasteiger partial charge on any atom is 0.407 e. The Bertz CT molecular complexity index is 1850. The smallest absolute Gasteiger partial charge is 0.407 e. The van der Waals surface area contributed by atoms with Crippen LogP contribution in [0, 0.1) is 0 Å². The zero-order valence-electron chi connectivity index (χ0n) is 33.4. The average molecular weight is 787 g/mol. The molecule has 3 aliphatic heterocycles. The van der Waals surface area contributed by atoms with Crippen molar-refractivity contribution >= 4 is 47.7 Å². The molecule has 0 aliphatic carbocycles. The zero-order valence-corrected chi connectivity index (χ0v) is 34.4. The van der Waals surface area contributed by atoms with Gasteiger partial charge in [0.15, 0.2) is 0 Å². The number of carbonyl (C=O) groups is 3. The number of anilines is 2. The van der Waals surface area contributed by atoms with Crippen molar-refractivity contribution in [3.8, 4) is 0 Å². The number of alkyl carbamates (subject to hydrolysis) is 1. The number of nitrogens with one attached hydrogen (secondary N) is 1. The van der Waals surface area contributed by atoms with E-state index in [-0.39, 0.29) is 31.6 Å². The lowest BCUT2D eigenvalue weighted by Crippen LogP contribution is -2.63. The van der Waals surface area contributed by atoms with Gasteiger partial charge in [-0.2, -0.15) is 0 Å². The van der Waals surface area contributed by atoms with Gasteiger partial charge in [0.2, 0.25) is 0 Å². The van der Waals surface area contributed by atoms with Gasteiger partial charge in [0.05, 0.1) is 66.0 Å². The van der Waals surface area contributed by atoms with Crippen LogP contribution in [0.25, 0.3) is 0 Å². The van der Waals surface area contributed by atoms with Crippen molar-refractivity contribution in [2.24, 2.45) is 0 Å². The third kappa shape index (κ3) is 8.85. The van der Waals surface area contributed by atoms with E-state index in [2.05, 4.69) is 105 Å². The Morgan fingerprint density at radius 3 is 1.80 bits per heavy atom. The van der Waals surface area contributed by atoms with Crippen LogP contribution >= 0.6 is 0 Å². The third-order valence-electron chi connectivity index (χ3n) is 10.5. The van der Waals surface area contributed by atoms with Crippen molar-refractivity contribution in [3.63, 3.8) is 0 Å². The minimum Gasteiger partial charge on any atom is -0.445 e. The molecule has 1 N–H and O–H groups in total. The minimum absolute atomic E-state index is 0.138. The lowest BCUT2D eigenvalue weighted by molar-refractivity contribution is -0.137. The SMILES string of the molecule is CN(C)c1ccc2c(c1)[Si](C)(C)c1cc(N(C)C)ccc1C21OCc2cc(COC(=O)NCCOCCOCCOCCOCCN3C(=O)C=CC3=O)ccc21. The first-order valence-corrected chi connectivity index (χ1v) is 22.1. The Labute approximate surface area is 330 Å². The molecule has 3 amide bonds. The van der Waals surface area contributed by atoms with Crippen molar-refractivity contribution in [1.82, 2.24) is 10.2 Å². The number of carbonyl (C=O) groups excluding carboxylic acids is 3. The molecule has 0 saturated heterocycles. The van der Waals surface area contributed by atoms with E-state index in [1.165, 1.54) is 45.0 Å². The number of hydrogen-bond acceptors (Lipinski definition) is 11. The van der Waals surface area contributed by atoms with Gasteiger partial charge in [-0.1, -0.05) is 37.4 Å². The fourth-order valence-electron chi connectivity index (χ4n) is 7.46. The van der Waals surface area contributed by atoms with E-state index in [0.717, 1.165) is 21.6 Å². The van der Waals surface area contributed by atoms with E-state index in [1.807, 2.05) is 6.07 Å². The van der Waals surface area contributed by atoms with E-state index in [0.29, 0.717) is 59.4 Å². The van der Waals surface area contributed by atoms with Crippen LogP contribution < -0.4 is 25.5 Å². The van der Waals surface area contributed by atoms with Crippen LogP contribution in [-0.4, -0.2) is 125 Å². The monoisotopic (exact) mass is 786 g/mol. The van der Waals surface area contributed by atoms with Crippen LogP contribution in [0.1, 0.15) is 27.8 Å². The molecule has 0 aromatic heterocycles. The highest BCUT2D eigenvalue weighted by molar-refractivity contribution is 7.01. The van der Waals surface area contributed by atoms with Gasteiger partial charge >= 0.3 is 6.09 Å². The van der Waals surface area contributed by atoms with E-state index in [1.54, 1.807) is 0 Å². The summed E-state index contributed by atoms with van der Waals surface area (Å²) in [4.78, 5) is 40.9. The second-order valence-electron chi connectivity index (χ2n) is 14.9. The highest BCUT2D eigenvalue weighted by Crippen LogP contribution is 2.49. The number of rotatable bonds is 19. The predicted molar refractivity (Wildman–Crippen MR) is 217 cm³/mol. The molecule has 0 atom stereocenters. The molecular weight excluding hydrogens is 733 g/mol. The van der Waals surface area contributed by atoms with Gasteiger partial charge in [-0.25, -0.2) is 4.79 Å². The molecule has 13 nitrogen and oxygen atoms in total. The summed E-state index contributed by atoms with van der Waals surface area (Å²) in [5.74, 6) is -0.633. The summed E-state index contributed by atoms with van der Waals surface area (Å²) < 4.78 is 34.4. The number of amides is 3. The summed E-state index contributed by atoms with van der Waals surface area (Å²) in [6.07, 6.45) is 2.00. The van der Waals surface area contributed by atoms with Crippen LogP contribution in [0.5, 0.6) is 0 Å². The number of imide groups is 1. The number of ether oxygens (including phenoxy) is 6. The van der Waals surface area contributed by atoms with E-state index in [4.69, 9.17) is 28.4 Å². The first-order valence-electron chi connectivity index (χ1n) is 19.1. The summed E-state index contributed by atoms with van der Waals surface area (Å²) in [6, 6.07) is 19.9. The minimum atomic E-state index is -2.11. The summed E-state index contributed by atoms with van der Waals surface area (Å²) in [6.45, 7) is 8.89. The number of hydrogen-bond donors (Lipinski definition) is 1. The molecule has 3 aromatic rings. The molecule has 0 fully saturated rings. The van der Waals surface area contributed by atoms with Crippen LogP contribution in [0.2, 0.25) is 13.1 Å². The molecule has 0 radical (unpaired) electrons. The largest absolute Gasteiger partial charge is 0.445 e. The second-order valence-corrected chi connectivity index (χ2v) is 19.3. The molecule has 56 heavy (non-hydrogen) atoms. The maximum absolute atomic E-state index is 12.5. The van der Waals surface area contributed by atoms with Crippen molar-refractivity contribution in [2.45, 2.75) is 31.9 Å². The molecule has 1 spiro atoms. The van der Waals surface area contributed by atoms with Crippen LogP contribution in [0.3, 0.4) is 0 Å². The maximum atomic E-state index is 12.5. The first-order chi connectivity index (χ1) is 26.9. The van der Waals surface area contributed by atoms with Gasteiger partial charge in [0.1, 0.15) is 20.3 Å². The Morgan fingerprint density at radius 1 is 0.732 bits per heavy atom. The topological polar surface area (TPSA) is 128 Å². The molecule has 0 unspecified atom stereocenters. The van der Waals surface area contributed by atoms with Gasteiger partial charge in [-0.05, 0) is 68.5 Å². The molecule has 3 aromatic carbocycles. The lowest BCUT2D eigenvalue weighted by atomic mass is 9.79. The molecule has 3 aliphatic rings. The number of benzene rings is 3. The molecular formula is C42H54N4O9Si. The Hall–Kier alpha value is -4.57. The molecule has 14 heteroatoms. The summed E-state index contributed by atoms with van der Waals surface area (Å²) >= 11 is 0. The highest BCUT2D eigenvalue weighted by atomic mass is 28.3.